The number of carbonyl (C=O) groups is 2. The van der Waals surface area contributed by atoms with Crippen molar-refractivity contribution in [1.29, 1.82) is 0 Å². The molecular formula is C20H21N3O3S. The van der Waals surface area contributed by atoms with E-state index in [1.807, 2.05) is 50.2 Å². The summed E-state index contributed by atoms with van der Waals surface area (Å²) in [6, 6.07) is 12.9. The van der Waals surface area contributed by atoms with Gasteiger partial charge in [0.2, 0.25) is 0 Å². The van der Waals surface area contributed by atoms with Crippen molar-refractivity contribution in [1.82, 2.24) is 9.29 Å². The third-order valence-corrected chi connectivity index (χ3v) is 4.92. The van der Waals surface area contributed by atoms with Crippen molar-refractivity contribution in [3.8, 4) is 0 Å². The van der Waals surface area contributed by atoms with E-state index in [9.17, 15) is 9.59 Å². The molecule has 0 bridgehead atoms. The van der Waals surface area contributed by atoms with Crippen LogP contribution in [0.1, 0.15) is 31.0 Å². The number of hydrogen-bond donors (Lipinski definition) is 1. The lowest BCUT2D eigenvalue weighted by Gasteiger charge is -2.29. The van der Waals surface area contributed by atoms with Gasteiger partial charge in [-0.25, -0.2) is 4.98 Å². The van der Waals surface area contributed by atoms with Crippen LogP contribution < -0.4 is 5.32 Å². The molecule has 7 heteroatoms. The summed E-state index contributed by atoms with van der Waals surface area (Å²) in [7, 11) is 1.77. The first kappa shape index (κ1) is 19.0. The van der Waals surface area contributed by atoms with Crippen LogP contribution in [-0.4, -0.2) is 28.2 Å². The number of ether oxygens (including phenoxy) is 1. The van der Waals surface area contributed by atoms with E-state index in [0.29, 0.717) is 12.2 Å². The summed E-state index contributed by atoms with van der Waals surface area (Å²) in [5.74, 6) is -0.0158. The molecule has 1 amide bonds. The van der Waals surface area contributed by atoms with E-state index >= 15 is 0 Å². The molecule has 0 atom stereocenters. The second-order valence-corrected chi connectivity index (χ2v) is 7.28. The minimum Gasteiger partial charge on any atom is -0.423 e. The molecule has 2 aromatic rings. The topological polar surface area (TPSA) is 71.5 Å². The lowest BCUT2D eigenvalue weighted by molar-refractivity contribution is -0.136. The normalized spacial score (nSPS) is 13.2. The van der Waals surface area contributed by atoms with E-state index in [1.54, 1.807) is 17.4 Å². The predicted octanol–water partition coefficient (Wildman–Crippen LogP) is 3.99. The van der Waals surface area contributed by atoms with Gasteiger partial charge < -0.3 is 14.4 Å². The second kappa shape index (κ2) is 8.26. The number of hydrogen-bond acceptors (Lipinski definition) is 6. The molecule has 0 radical (unpaired) electrons. The largest absolute Gasteiger partial charge is 0.423 e. The van der Waals surface area contributed by atoms with Gasteiger partial charge in [-0.05, 0) is 49.6 Å². The highest BCUT2D eigenvalue weighted by Crippen LogP contribution is 2.40. The fourth-order valence-electron chi connectivity index (χ4n) is 2.70. The number of aromatic nitrogens is 1. The minimum atomic E-state index is -0.378. The monoisotopic (exact) mass is 383 g/mol. The number of carbonyl (C=O) groups excluding carboxylic acids is 2. The lowest BCUT2D eigenvalue weighted by atomic mass is 10.1. The van der Waals surface area contributed by atoms with Gasteiger partial charge in [0.25, 0.3) is 5.91 Å². The molecule has 2 heterocycles. The number of nitrogens with one attached hydrogen (secondary N) is 1. The first-order chi connectivity index (χ1) is 13.0. The maximum absolute atomic E-state index is 13.0. The number of aryl methyl sites for hydroxylation is 1. The summed E-state index contributed by atoms with van der Waals surface area (Å²) < 4.78 is 7.34. The Morgan fingerprint density at radius 1 is 1.19 bits per heavy atom. The number of anilines is 1. The summed E-state index contributed by atoms with van der Waals surface area (Å²) in [6.07, 6.45) is 0.962. The van der Waals surface area contributed by atoms with Crippen LogP contribution >= 0.6 is 11.9 Å². The number of esters is 1. The lowest BCUT2D eigenvalue weighted by Crippen LogP contribution is -2.29. The summed E-state index contributed by atoms with van der Waals surface area (Å²) in [4.78, 5) is 30.4. The smallest absolute Gasteiger partial charge is 0.311 e. The third-order valence-electron chi connectivity index (χ3n) is 3.91. The van der Waals surface area contributed by atoms with Crippen LogP contribution in [0.4, 0.5) is 5.82 Å². The fourth-order valence-corrected chi connectivity index (χ4v) is 3.65. The van der Waals surface area contributed by atoms with Crippen LogP contribution in [0.25, 0.3) is 5.76 Å². The standard InChI is InChI=1S/C20H21N3O3S/c1-4-8-17(24)26-19-14-10-5-6-11-15(14)27-23(3)18(19)20(25)22-16-12-7-9-13(2)21-16/h5-7,9-12H,4,8H2,1-3H3,(H,21,22,25). The van der Waals surface area contributed by atoms with Crippen LogP contribution in [0.5, 0.6) is 0 Å². The third kappa shape index (κ3) is 4.31. The average molecular weight is 383 g/mol. The van der Waals surface area contributed by atoms with Crippen molar-refractivity contribution in [2.24, 2.45) is 0 Å². The molecule has 1 aromatic heterocycles. The van der Waals surface area contributed by atoms with Gasteiger partial charge in [0.1, 0.15) is 5.82 Å². The number of amides is 1. The molecule has 1 aromatic carbocycles. The molecule has 0 saturated heterocycles. The van der Waals surface area contributed by atoms with Crippen molar-refractivity contribution in [3.63, 3.8) is 0 Å². The maximum atomic E-state index is 13.0. The van der Waals surface area contributed by atoms with Gasteiger partial charge in [-0.2, -0.15) is 0 Å². The fraction of sp³-hybridized carbons (Fsp3) is 0.250. The molecule has 0 saturated carbocycles. The van der Waals surface area contributed by atoms with Crippen LogP contribution in [0.3, 0.4) is 0 Å². The van der Waals surface area contributed by atoms with Gasteiger partial charge in [0, 0.05) is 29.6 Å². The Balaban J connectivity index is 2.01. The van der Waals surface area contributed by atoms with E-state index in [1.165, 1.54) is 11.9 Å². The van der Waals surface area contributed by atoms with Crippen molar-refractivity contribution in [2.45, 2.75) is 31.6 Å². The molecule has 1 N–H and O–H groups in total. The SMILES string of the molecule is CCCC(=O)OC1=C(C(=O)Nc2cccc(C)n2)N(C)Sc2ccccc21. The van der Waals surface area contributed by atoms with E-state index in [-0.39, 0.29) is 29.8 Å². The number of likely N-dealkylation sites (N-methyl/N-ethyl adjacent to an activating group) is 1. The predicted molar refractivity (Wildman–Crippen MR) is 106 cm³/mol. The van der Waals surface area contributed by atoms with E-state index < -0.39 is 0 Å². The van der Waals surface area contributed by atoms with Crippen LogP contribution in [-0.2, 0) is 14.3 Å². The summed E-state index contributed by atoms with van der Waals surface area (Å²) in [5.41, 5.74) is 1.81. The van der Waals surface area contributed by atoms with Crippen molar-refractivity contribution < 1.29 is 14.3 Å². The zero-order chi connectivity index (χ0) is 19.4. The number of nitrogens with zero attached hydrogens (tertiary/aromatic N) is 2. The molecule has 1 aliphatic heterocycles. The van der Waals surface area contributed by atoms with Gasteiger partial charge >= 0.3 is 5.97 Å². The Hall–Kier alpha value is -2.80. The number of rotatable bonds is 5. The van der Waals surface area contributed by atoms with Crippen LogP contribution in [0, 0.1) is 6.92 Å². The Labute approximate surface area is 162 Å². The van der Waals surface area contributed by atoms with E-state index in [0.717, 1.165) is 16.2 Å². The molecule has 0 unspecified atom stereocenters. The van der Waals surface area contributed by atoms with Gasteiger partial charge in [0.05, 0.1) is 0 Å². The van der Waals surface area contributed by atoms with E-state index in [2.05, 4.69) is 10.3 Å². The van der Waals surface area contributed by atoms with Crippen LogP contribution in [0.15, 0.2) is 53.1 Å². The van der Waals surface area contributed by atoms with Crippen molar-refractivity contribution in [3.05, 3.63) is 59.4 Å². The van der Waals surface area contributed by atoms with Gasteiger partial charge in [0.15, 0.2) is 11.5 Å². The summed E-state index contributed by atoms with van der Waals surface area (Å²) in [6.45, 7) is 3.76. The first-order valence-corrected chi connectivity index (χ1v) is 9.48. The number of pyridine rings is 1. The van der Waals surface area contributed by atoms with Crippen molar-refractivity contribution >= 4 is 35.4 Å². The molecule has 27 heavy (non-hydrogen) atoms. The molecule has 0 spiro atoms. The first-order valence-electron chi connectivity index (χ1n) is 8.70. The summed E-state index contributed by atoms with van der Waals surface area (Å²) in [5, 5.41) is 2.79. The van der Waals surface area contributed by atoms with E-state index in [4.69, 9.17) is 4.74 Å². The van der Waals surface area contributed by atoms with Gasteiger partial charge in [-0.15, -0.1) is 0 Å². The highest BCUT2D eigenvalue weighted by molar-refractivity contribution is 7.97. The Morgan fingerprint density at radius 3 is 2.70 bits per heavy atom. The minimum absolute atomic E-state index is 0.274. The molecule has 0 aliphatic carbocycles. The quantitative estimate of drug-likeness (QED) is 0.622. The van der Waals surface area contributed by atoms with Crippen LogP contribution in [0.2, 0.25) is 0 Å². The molecule has 140 valence electrons. The Morgan fingerprint density at radius 2 is 1.96 bits per heavy atom. The zero-order valence-electron chi connectivity index (χ0n) is 15.5. The zero-order valence-corrected chi connectivity index (χ0v) is 16.3. The maximum Gasteiger partial charge on any atom is 0.311 e. The summed E-state index contributed by atoms with van der Waals surface area (Å²) >= 11 is 1.41. The molecular weight excluding hydrogens is 362 g/mol. The van der Waals surface area contributed by atoms with Gasteiger partial charge in [-0.3, -0.25) is 9.59 Å². The molecule has 0 fully saturated rings. The van der Waals surface area contributed by atoms with Crippen molar-refractivity contribution in [2.75, 3.05) is 12.4 Å². The Kier molecular flexibility index (Phi) is 5.81. The molecule has 3 rings (SSSR count). The number of fused-ring (bicyclic) bond motifs is 1. The highest BCUT2D eigenvalue weighted by atomic mass is 32.2. The Bertz CT molecular complexity index is 911. The van der Waals surface area contributed by atoms with Gasteiger partial charge in [-0.1, -0.05) is 25.1 Å². The molecule has 6 nitrogen and oxygen atoms in total. The molecule has 1 aliphatic rings. The second-order valence-electron chi connectivity index (χ2n) is 6.11. The average Bonchev–Trinajstić information content (AvgIpc) is 2.61. The number of benzene rings is 1. The highest BCUT2D eigenvalue weighted by Gasteiger charge is 2.31.